The number of likely N-dealkylation sites (N-methyl/N-ethyl adjacent to an activating group) is 1. The third kappa shape index (κ3) is 3.64. The van der Waals surface area contributed by atoms with Crippen molar-refractivity contribution in [1.82, 2.24) is 0 Å². The van der Waals surface area contributed by atoms with E-state index in [9.17, 15) is 29.7 Å². The molecule has 0 aliphatic carbocycles. The molecule has 3 N–H and O–H groups in total. The van der Waals surface area contributed by atoms with E-state index in [1.165, 1.54) is 14.0 Å². The molecular formula is C12H10I3NO6. The summed E-state index contributed by atoms with van der Waals surface area (Å²) in [5.41, 5.74) is -0.208. The number of rotatable bonds is 4. The second-order valence-corrected chi connectivity index (χ2v) is 7.46. The van der Waals surface area contributed by atoms with E-state index in [0.29, 0.717) is 0 Å². The number of carboxylic acid groups (broad SMARTS) is 2. The molecule has 0 aliphatic rings. The van der Waals surface area contributed by atoms with Crippen molar-refractivity contribution in [2.45, 2.75) is 13.0 Å². The molecule has 1 rings (SSSR count). The zero-order chi connectivity index (χ0) is 17.4. The molecule has 7 nitrogen and oxygen atoms in total. The molecule has 0 bridgehead atoms. The first-order chi connectivity index (χ1) is 10.0. The van der Waals surface area contributed by atoms with E-state index < -0.39 is 23.9 Å². The second-order valence-electron chi connectivity index (χ2n) is 4.22. The maximum absolute atomic E-state index is 12.0. The number of carbonyl (C=O) groups is 3. The zero-order valence-corrected chi connectivity index (χ0v) is 17.7. The van der Waals surface area contributed by atoms with Gasteiger partial charge in [-0.2, -0.15) is 0 Å². The van der Waals surface area contributed by atoms with Crippen LogP contribution in [0.5, 0.6) is 0 Å². The molecule has 0 heterocycles. The zero-order valence-electron chi connectivity index (χ0n) is 11.2. The molecule has 0 spiro atoms. The molecular weight excluding hydrogens is 635 g/mol. The van der Waals surface area contributed by atoms with Gasteiger partial charge in [0.1, 0.15) is 6.10 Å². The van der Waals surface area contributed by atoms with Crippen LogP contribution in [0.1, 0.15) is 27.6 Å². The number of hydrogen-bond acceptors (Lipinski definition) is 4. The molecule has 0 fully saturated rings. The Bertz CT molecular complexity index is 632. The second kappa shape index (κ2) is 7.57. The highest BCUT2D eigenvalue weighted by molar-refractivity contribution is 14.1. The van der Waals surface area contributed by atoms with Gasteiger partial charge in [0.05, 0.1) is 24.0 Å². The van der Waals surface area contributed by atoms with Crippen molar-refractivity contribution in [3.8, 4) is 0 Å². The van der Waals surface area contributed by atoms with E-state index in [4.69, 9.17) is 0 Å². The van der Waals surface area contributed by atoms with Crippen molar-refractivity contribution in [2.24, 2.45) is 0 Å². The predicted octanol–water partition coefficient (Wildman–Crippen LogP) is 2.24. The van der Waals surface area contributed by atoms with Crippen LogP contribution >= 0.6 is 67.8 Å². The SMILES string of the molecule is CC(O)C(=O)N(C)c1c(I)c(C(=O)O)c(I)c(C(=O)O)c1I. The molecule has 0 saturated carbocycles. The Morgan fingerprint density at radius 1 is 0.955 bits per heavy atom. The number of amides is 1. The van der Waals surface area contributed by atoms with Gasteiger partial charge in [0.25, 0.3) is 5.91 Å². The fraction of sp³-hybridized carbons (Fsp3) is 0.250. The Labute approximate surface area is 166 Å². The number of aliphatic hydroxyl groups excluding tert-OH is 1. The maximum atomic E-state index is 12.0. The lowest BCUT2D eigenvalue weighted by Gasteiger charge is -2.24. The average molecular weight is 645 g/mol. The molecule has 0 aromatic heterocycles. The van der Waals surface area contributed by atoms with Crippen LogP contribution in [-0.4, -0.2) is 46.3 Å². The van der Waals surface area contributed by atoms with Crippen molar-refractivity contribution >= 4 is 91.3 Å². The summed E-state index contributed by atoms with van der Waals surface area (Å²) in [6, 6.07) is 0. The first-order valence-electron chi connectivity index (χ1n) is 5.65. The number of carbonyl (C=O) groups excluding carboxylic acids is 1. The summed E-state index contributed by atoms with van der Waals surface area (Å²) in [7, 11) is 1.36. The number of halogens is 3. The van der Waals surface area contributed by atoms with Crippen molar-refractivity contribution in [3.63, 3.8) is 0 Å². The van der Waals surface area contributed by atoms with E-state index in [1.807, 2.05) is 0 Å². The van der Waals surface area contributed by atoms with Crippen LogP contribution in [0.3, 0.4) is 0 Å². The lowest BCUT2D eigenvalue weighted by Crippen LogP contribution is -2.36. The standard InChI is InChI=1S/C12H10I3NO6/c1-3(17)10(18)16(2)9-7(14)4(11(19)20)6(13)5(8(9)15)12(21)22/h3,17H,1-2H3,(H,19,20)(H,21,22). The quantitative estimate of drug-likeness (QED) is 0.434. The summed E-state index contributed by atoms with van der Waals surface area (Å²) in [5, 5.41) is 28.1. The van der Waals surface area contributed by atoms with Crippen LogP contribution in [0.15, 0.2) is 0 Å². The van der Waals surface area contributed by atoms with Gasteiger partial charge in [0.15, 0.2) is 0 Å². The molecule has 22 heavy (non-hydrogen) atoms. The Balaban J connectivity index is 3.82. The van der Waals surface area contributed by atoms with E-state index >= 15 is 0 Å². The Kier molecular flexibility index (Phi) is 6.82. The lowest BCUT2D eigenvalue weighted by molar-refractivity contribution is -0.125. The van der Waals surface area contributed by atoms with Gasteiger partial charge in [0.2, 0.25) is 0 Å². The number of aliphatic hydroxyl groups is 1. The molecule has 1 aromatic rings. The molecule has 1 atom stereocenters. The summed E-state index contributed by atoms with van der Waals surface area (Å²) in [6.07, 6.45) is -1.29. The number of aromatic carboxylic acids is 2. The highest BCUT2D eigenvalue weighted by Crippen LogP contribution is 2.37. The summed E-state index contributed by atoms with van der Waals surface area (Å²) in [4.78, 5) is 35.9. The summed E-state index contributed by atoms with van der Waals surface area (Å²) < 4.78 is 0.564. The minimum absolute atomic E-state index is 0.0908. The number of hydrogen-bond donors (Lipinski definition) is 3. The number of anilines is 1. The molecule has 1 amide bonds. The first kappa shape index (κ1) is 19.8. The van der Waals surface area contributed by atoms with Crippen LogP contribution in [-0.2, 0) is 4.79 Å². The predicted molar refractivity (Wildman–Crippen MR) is 104 cm³/mol. The molecule has 120 valence electrons. The Hall–Kier alpha value is -0.220. The third-order valence-electron chi connectivity index (χ3n) is 2.74. The van der Waals surface area contributed by atoms with Gasteiger partial charge in [0, 0.05) is 10.6 Å². The van der Waals surface area contributed by atoms with Gasteiger partial charge < -0.3 is 20.2 Å². The van der Waals surface area contributed by atoms with Gasteiger partial charge in [-0.1, -0.05) is 0 Å². The van der Waals surface area contributed by atoms with Crippen molar-refractivity contribution in [1.29, 1.82) is 0 Å². The van der Waals surface area contributed by atoms with Crippen LogP contribution in [0.4, 0.5) is 5.69 Å². The van der Waals surface area contributed by atoms with Gasteiger partial charge in [-0.15, -0.1) is 0 Å². The van der Waals surface area contributed by atoms with Crippen LogP contribution in [0, 0.1) is 10.7 Å². The van der Waals surface area contributed by atoms with E-state index in [1.54, 1.807) is 67.8 Å². The maximum Gasteiger partial charge on any atom is 0.337 e. The molecule has 1 unspecified atom stereocenters. The molecule has 0 radical (unpaired) electrons. The van der Waals surface area contributed by atoms with Crippen molar-refractivity contribution < 1.29 is 29.7 Å². The monoisotopic (exact) mass is 645 g/mol. The van der Waals surface area contributed by atoms with E-state index in [0.717, 1.165) is 4.90 Å². The molecule has 0 saturated heterocycles. The minimum atomic E-state index is -1.29. The van der Waals surface area contributed by atoms with Gasteiger partial charge in [-0.25, -0.2) is 9.59 Å². The highest BCUT2D eigenvalue weighted by Gasteiger charge is 2.31. The first-order valence-corrected chi connectivity index (χ1v) is 8.88. The van der Waals surface area contributed by atoms with Gasteiger partial charge in [-0.05, 0) is 74.7 Å². The molecule has 10 heteroatoms. The van der Waals surface area contributed by atoms with E-state index in [-0.39, 0.29) is 27.5 Å². The minimum Gasteiger partial charge on any atom is -0.478 e. The summed E-state index contributed by atoms with van der Waals surface area (Å²) in [5.74, 6) is -3.23. The number of carboxylic acids is 2. The third-order valence-corrected chi connectivity index (χ3v) is 5.92. The summed E-state index contributed by atoms with van der Waals surface area (Å²) >= 11 is 5.19. The van der Waals surface area contributed by atoms with E-state index in [2.05, 4.69) is 0 Å². The Morgan fingerprint density at radius 3 is 1.59 bits per heavy atom. The molecule has 1 aromatic carbocycles. The van der Waals surface area contributed by atoms with Gasteiger partial charge >= 0.3 is 11.9 Å². The van der Waals surface area contributed by atoms with Crippen LogP contribution < -0.4 is 4.90 Å². The number of nitrogens with zero attached hydrogens (tertiary/aromatic N) is 1. The van der Waals surface area contributed by atoms with Crippen molar-refractivity contribution in [3.05, 3.63) is 21.8 Å². The van der Waals surface area contributed by atoms with Gasteiger partial charge in [-0.3, -0.25) is 4.79 Å². The van der Waals surface area contributed by atoms with Crippen LogP contribution in [0.2, 0.25) is 0 Å². The lowest BCUT2D eigenvalue weighted by atomic mass is 10.1. The number of benzene rings is 1. The summed E-state index contributed by atoms with van der Waals surface area (Å²) in [6.45, 7) is 1.28. The van der Waals surface area contributed by atoms with Crippen LogP contribution in [0.25, 0.3) is 0 Å². The topological polar surface area (TPSA) is 115 Å². The smallest absolute Gasteiger partial charge is 0.337 e. The van der Waals surface area contributed by atoms with Crippen molar-refractivity contribution in [2.75, 3.05) is 11.9 Å². The fourth-order valence-electron chi connectivity index (χ4n) is 1.71. The highest BCUT2D eigenvalue weighted by atomic mass is 127. The fourth-order valence-corrected chi connectivity index (χ4v) is 6.52. The Morgan fingerprint density at radius 2 is 1.32 bits per heavy atom. The largest absolute Gasteiger partial charge is 0.478 e. The average Bonchev–Trinajstić information content (AvgIpc) is 2.35. The normalized spacial score (nSPS) is 11.9. The molecule has 0 aliphatic heterocycles.